The quantitative estimate of drug-likeness (QED) is 0.489. The van der Waals surface area contributed by atoms with E-state index in [-0.39, 0.29) is 17.3 Å². The number of amides is 1. The summed E-state index contributed by atoms with van der Waals surface area (Å²) in [5.41, 5.74) is 2.08. The minimum Gasteiger partial charge on any atom is -0.490 e. The third kappa shape index (κ3) is 4.75. The maximum Gasteiger partial charge on any atom is 0.283 e. The molecule has 0 saturated carbocycles. The number of rotatable bonds is 7. The summed E-state index contributed by atoms with van der Waals surface area (Å²) >= 11 is 1.34. The summed E-state index contributed by atoms with van der Waals surface area (Å²) in [6, 6.07) is 15.2. The molecule has 0 aliphatic carbocycles. The van der Waals surface area contributed by atoms with Gasteiger partial charge in [-0.15, -0.1) is 0 Å². The summed E-state index contributed by atoms with van der Waals surface area (Å²) in [6.07, 6.45) is 1.66. The monoisotopic (exact) mass is 448 g/mol. The standard InChI is InChI=1S/C24H24N4O3S/c1-15(2)23-27-28-21(25)19(22(29)26-24(28)32-23)14-17-8-10-18(11-9-17)30-12-13-31-20-7-5-4-6-16(20)3/h4-11,14-15,25H,12-13H2,1-3H3/b19-14-,25-21?. The molecule has 0 unspecified atom stereocenters. The van der Waals surface area contributed by atoms with Crippen LogP contribution in [0.25, 0.3) is 6.08 Å². The number of hydrazone groups is 1. The third-order valence-corrected chi connectivity index (χ3v) is 6.07. The Hall–Kier alpha value is -3.39. The van der Waals surface area contributed by atoms with E-state index in [0.717, 1.165) is 21.9 Å². The predicted molar refractivity (Wildman–Crippen MR) is 128 cm³/mol. The molecule has 1 amide bonds. The number of aryl methyl sites for hydroxylation is 1. The number of nitrogens with one attached hydrogen (secondary N) is 1. The first-order chi connectivity index (χ1) is 15.4. The molecule has 0 radical (unpaired) electrons. The summed E-state index contributed by atoms with van der Waals surface area (Å²) in [5.74, 6) is 1.37. The Kier molecular flexibility index (Phi) is 6.41. The van der Waals surface area contributed by atoms with Gasteiger partial charge in [0.05, 0.1) is 5.57 Å². The number of thioether (sulfide) groups is 1. The number of ether oxygens (including phenoxy) is 2. The molecule has 2 aromatic rings. The van der Waals surface area contributed by atoms with Crippen LogP contribution in [0.15, 0.2) is 64.2 Å². The zero-order chi connectivity index (χ0) is 22.7. The summed E-state index contributed by atoms with van der Waals surface area (Å²) in [6.45, 7) is 6.90. The molecule has 0 fully saturated rings. The molecule has 2 aliphatic heterocycles. The van der Waals surface area contributed by atoms with Crippen molar-refractivity contribution in [1.29, 1.82) is 5.41 Å². The Morgan fingerprint density at radius 2 is 1.81 bits per heavy atom. The van der Waals surface area contributed by atoms with Gasteiger partial charge in [0.1, 0.15) is 29.8 Å². The fraction of sp³-hybridized carbons (Fsp3) is 0.250. The lowest BCUT2D eigenvalue weighted by molar-refractivity contribution is -0.114. The highest BCUT2D eigenvalue weighted by Crippen LogP contribution is 2.30. The number of hydrogen-bond acceptors (Lipinski definition) is 6. The second kappa shape index (κ2) is 9.40. The van der Waals surface area contributed by atoms with E-state index in [1.54, 1.807) is 6.08 Å². The van der Waals surface area contributed by atoms with Crippen LogP contribution in [0.2, 0.25) is 0 Å². The van der Waals surface area contributed by atoms with Crippen molar-refractivity contribution in [2.75, 3.05) is 13.2 Å². The van der Waals surface area contributed by atoms with E-state index in [1.807, 2.05) is 69.3 Å². The van der Waals surface area contributed by atoms with E-state index in [4.69, 9.17) is 14.9 Å². The molecule has 0 atom stereocenters. The summed E-state index contributed by atoms with van der Waals surface area (Å²) in [7, 11) is 0. The second-order valence-electron chi connectivity index (χ2n) is 7.64. The van der Waals surface area contributed by atoms with Crippen LogP contribution in [0.3, 0.4) is 0 Å². The second-order valence-corrected chi connectivity index (χ2v) is 8.63. The summed E-state index contributed by atoms with van der Waals surface area (Å²) in [5, 5.41) is 15.6. The van der Waals surface area contributed by atoms with Crippen LogP contribution in [-0.2, 0) is 4.79 Å². The van der Waals surface area contributed by atoms with Gasteiger partial charge in [0.15, 0.2) is 5.84 Å². The number of amidine groups is 2. The number of nitrogens with zero attached hydrogens (tertiary/aromatic N) is 3. The average Bonchev–Trinajstić information content (AvgIpc) is 3.21. The van der Waals surface area contributed by atoms with Crippen LogP contribution in [0, 0.1) is 18.3 Å². The molecule has 0 saturated heterocycles. The Balaban J connectivity index is 1.37. The molecule has 32 heavy (non-hydrogen) atoms. The molecule has 2 aromatic carbocycles. The highest BCUT2D eigenvalue weighted by atomic mass is 32.2. The van der Waals surface area contributed by atoms with Gasteiger partial charge in [-0.1, -0.05) is 44.2 Å². The molecule has 7 nitrogen and oxygen atoms in total. The number of fused-ring (bicyclic) bond motifs is 1. The van der Waals surface area contributed by atoms with Gasteiger partial charge in [-0.05, 0) is 54.1 Å². The summed E-state index contributed by atoms with van der Waals surface area (Å²) in [4.78, 5) is 16.6. The molecular weight excluding hydrogens is 424 g/mol. The van der Waals surface area contributed by atoms with Gasteiger partial charge in [-0.3, -0.25) is 10.2 Å². The number of carbonyl (C=O) groups excluding carboxylic acids is 1. The molecule has 2 heterocycles. The van der Waals surface area contributed by atoms with Crippen molar-refractivity contribution < 1.29 is 14.3 Å². The Labute approximate surface area is 191 Å². The smallest absolute Gasteiger partial charge is 0.283 e. The highest BCUT2D eigenvalue weighted by Gasteiger charge is 2.36. The SMILES string of the molecule is Cc1ccccc1OCCOc1ccc(/C=C2/C(=N)N3N=C(C(C)C)SC3=NC2=O)cc1. The molecule has 164 valence electrons. The Morgan fingerprint density at radius 1 is 1.09 bits per heavy atom. The van der Waals surface area contributed by atoms with Gasteiger partial charge in [-0.25, -0.2) is 0 Å². The average molecular weight is 449 g/mol. The first-order valence-electron chi connectivity index (χ1n) is 10.3. The van der Waals surface area contributed by atoms with Crippen LogP contribution in [0.1, 0.15) is 25.0 Å². The highest BCUT2D eigenvalue weighted by molar-refractivity contribution is 8.27. The maximum absolute atomic E-state index is 12.5. The number of hydrogen-bond donors (Lipinski definition) is 1. The first-order valence-corrected chi connectivity index (χ1v) is 11.2. The van der Waals surface area contributed by atoms with Crippen molar-refractivity contribution in [3.8, 4) is 11.5 Å². The lowest BCUT2D eigenvalue weighted by atomic mass is 10.1. The molecular formula is C24H24N4O3S. The predicted octanol–water partition coefficient (Wildman–Crippen LogP) is 4.73. The van der Waals surface area contributed by atoms with Crippen LogP contribution in [0.4, 0.5) is 0 Å². The van der Waals surface area contributed by atoms with Crippen LogP contribution >= 0.6 is 11.8 Å². The lowest BCUT2D eigenvalue weighted by Crippen LogP contribution is -2.35. The minimum atomic E-state index is -0.428. The molecule has 0 spiro atoms. The molecule has 4 rings (SSSR count). The van der Waals surface area contributed by atoms with Gasteiger partial charge in [0.2, 0.25) is 5.17 Å². The van der Waals surface area contributed by atoms with E-state index >= 15 is 0 Å². The van der Waals surface area contributed by atoms with Gasteiger partial charge in [0.25, 0.3) is 5.91 Å². The van der Waals surface area contributed by atoms with Crippen LogP contribution in [-0.4, -0.2) is 40.2 Å². The molecule has 0 aromatic heterocycles. The van der Waals surface area contributed by atoms with Crippen molar-refractivity contribution in [2.45, 2.75) is 20.8 Å². The van der Waals surface area contributed by atoms with Gasteiger partial charge < -0.3 is 9.47 Å². The van der Waals surface area contributed by atoms with E-state index in [9.17, 15) is 4.79 Å². The number of para-hydroxylation sites is 1. The zero-order valence-electron chi connectivity index (χ0n) is 18.2. The Morgan fingerprint density at radius 3 is 2.53 bits per heavy atom. The van der Waals surface area contributed by atoms with Crippen molar-refractivity contribution >= 4 is 39.8 Å². The van der Waals surface area contributed by atoms with E-state index < -0.39 is 5.91 Å². The lowest BCUT2D eigenvalue weighted by Gasteiger charge is -2.20. The van der Waals surface area contributed by atoms with Crippen molar-refractivity contribution in [2.24, 2.45) is 16.0 Å². The minimum absolute atomic E-state index is 0.0387. The first kappa shape index (κ1) is 21.8. The number of aliphatic imine (C=N–C) groups is 1. The fourth-order valence-corrected chi connectivity index (χ4v) is 3.99. The third-order valence-electron chi connectivity index (χ3n) is 4.86. The van der Waals surface area contributed by atoms with Gasteiger partial charge in [-0.2, -0.15) is 15.1 Å². The van der Waals surface area contributed by atoms with Crippen molar-refractivity contribution in [3.63, 3.8) is 0 Å². The van der Waals surface area contributed by atoms with Gasteiger partial charge >= 0.3 is 0 Å². The van der Waals surface area contributed by atoms with Crippen LogP contribution < -0.4 is 9.47 Å². The topological polar surface area (TPSA) is 87.3 Å². The number of carbonyl (C=O) groups is 1. The van der Waals surface area contributed by atoms with Crippen molar-refractivity contribution in [1.82, 2.24) is 5.01 Å². The van der Waals surface area contributed by atoms with Crippen molar-refractivity contribution in [3.05, 3.63) is 65.2 Å². The molecule has 1 N–H and O–H groups in total. The van der Waals surface area contributed by atoms with E-state index in [1.165, 1.54) is 16.8 Å². The Bertz CT molecular complexity index is 1140. The maximum atomic E-state index is 12.5. The van der Waals surface area contributed by atoms with E-state index in [0.29, 0.717) is 24.1 Å². The van der Waals surface area contributed by atoms with Crippen LogP contribution in [0.5, 0.6) is 11.5 Å². The largest absolute Gasteiger partial charge is 0.490 e. The van der Waals surface area contributed by atoms with Gasteiger partial charge in [0, 0.05) is 5.92 Å². The molecule has 0 bridgehead atoms. The normalized spacial score (nSPS) is 16.9. The fourth-order valence-electron chi connectivity index (χ4n) is 3.10. The van der Waals surface area contributed by atoms with E-state index in [2.05, 4.69) is 10.1 Å². The zero-order valence-corrected chi connectivity index (χ0v) is 19.0. The molecule has 2 aliphatic rings. The number of benzene rings is 2. The summed E-state index contributed by atoms with van der Waals surface area (Å²) < 4.78 is 11.5. The molecule has 8 heteroatoms.